The lowest BCUT2D eigenvalue weighted by Crippen LogP contribution is -2.20. The van der Waals surface area contributed by atoms with Crippen LogP contribution in [-0.2, 0) is 18.4 Å². The van der Waals surface area contributed by atoms with E-state index in [9.17, 15) is 0 Å². The number of halogens is 1. The first kappa shape index (κ1) is 27.8. The molecule has 0 aliphatic carbocycles. The summed E-state index contributed by atoms with van der Waals surface area (Å²) < 4.78 is 8.20. The molecule has 38 heavy (non-hydrogen) atoms. The average molecular weight is 526 g/mol. The molecular formula is C35H40ClNO. The third-order valence-corrected chi connectivity index (χ3v) is 7.44. The molecule has 0 radical (unpaired) electrons. The van der Waals surface area contributed by atoms with Crippen LogP contribution in [0.2, 0.25) is 5.02 Å². The monoisotopic (exact) mass is 525 g/mol. The van der Waals surface area contributed by atoms with E-state index in [-0.39, 0.29) is 5.54 Å². The maximum atomic E-state index is 6.90. The van der Waals surface area contributed by atoms with E-state index in [0.717, 1.165) is 65.1 Å². The van der Waals surface area contributed by atoms with Gasteiger partial charge in [0, 0.05) is 28.2 Å². The molecule has 2 nitrogen and oxygen atoms in total. The van der Waals surface area contributed by atoms with E-state index in [1.54, 1.807) is 0 Å². The second-order valence-electron chi connectivity index (χ2n) is 11.0. The topological polar surface area (TPSA) is 14.2 Å². The Labute approximate surface area is 233 Å². The Bertz CT molecular complexity index is 1400. The van der Waals surface area contributed by atoms with Gasteiger partial charge in [-0.15, -0.1) is 6.58 Å². The third-order valence-electron chi connectivity index (χ3n) is 7.13. The molecule has 4 rings (SSSR count). The Kier molecular flexibility index (Phi) is 8.84. The molecule has 0 N–H and O–H groups in total. The number of fused-ring (bicyclic) bond motifs is 1. The van der Waals surface area contributed by atoms with E-state index in [0.29, 0.717) is 6.61 Å². The Morgan fingerprint density at radius 1 is 1.00 bits per heavy atom. The Morgan fingerprint density at radius 3 is 2.32 bits per heavy atom. The van der Waals surface area contributed by atoms with Crippen molar-refractivity contribution in [3.05, 3.63) is 108 Å². The molecule has 0 aliphatic rings. The van der Waals surface area contributed by atoms with Crippen LogP contribution in [0.4, 0.5) is 0 Å². The molecule has 0 unspecified atom stereocenters. The molecule has 3 heteroatoms. The van der Waals surface area contributed by atoms with Crippen LogP contribution in [0.25, 0.3) is 27.6 Å². The second-order valence-corrected chi connectivity index (χ2v) is 11.4. The van der Waals surface area contributed by atoms with Gasteiger partial charge >= 0.3 is 0 Å². The van der Waals surface area contributed by atoms with Crippen molar-refractivity contribution in [2.24, 2.45) is 0 Å². The lowest BCUT2D eigenvalue weighted by molar-refractivity contribution is 0.312. The van der Waals surface area contributed by atoms with Gasteiger partial charge in [-0.25, -0.2) is 0 Å². The highest BCUT2D eigenvalue weighted by Crippen LogP contribution is 2.39. The molecule has 0 bridgehead atoms. The van der Waals surface area contributed by atoms with Crippen molar-refractivity contribution in [3.8, 4) is 16.9 Å². The number of rotatable bonds is 11. The number of ether oxygens (including phenoxy) is 1. The maximum absolute atomic E-state index is 6.90. The molecule has 1 heterocycles. The highest BCUT2D eigenvalue weighted by atomic mass is 35.5. The summed E-state index contributed by atoms with van der Waals surface area (Å²) in [7, 11) is 0. The van der Waals surface area contributed by atoms with Crippen LogP contribution < -0.4 is 4.74 Å². The predicted octanol–water partition coefficient (Wildman–Crippen LogP) is 10.3. The van der Waals surface area contributed by atoms with E-state index in [1.165, 1.54) is 22.1 Å². The predicted molar refractivity (Wildman–Crippen MR) is 165 cm³/mol. The van der Waals surface area contributed by atoms with E-state index in [1.807, 2.05) is 18.2 Å². The molecular weight excluding hydrogens is 486 g/mol. The van der Waals surface area contributed by atoms with Crippen LogP contribution in [-0.4, -0.2) is 11.2 Å². The minimum absolute atomic E-state index is 0.0812. The molecule has 4 aromatic rings. The van der Waals surface area contributed by atoms with Gasteiger partial charge in [0.15, 0.2) is 0 Å². The average Bonchev–Trinajstić information content (AvgIpc) is 3.29. The van der Waals surface area contributed by atoms with Gasteiger partial charge in [-0.3, -0.25) is 0 Å². The van der Waals surface area contributed by atoms with Gasteiger partial charge in [-0.05, 0) is 99.4 Å². The van der Waals surface area contributed by atoms with Gasteiger partial charge in [0.2, 0.25) is 0 Å². The van der Waals surface area contributed by atoms with Gasteiger partial charge < -0.3 is 9.30 Å². The zero-order valence-corrected chi connectivity index (χ0v) is 24.1. The van der Waals surface area contributed by atoms with Crippen LogP contribution in [0.15, 0.2) is 86.1 Å². The first-order valence-corrected chi connectivity index (χ1v) is 14.0. The SMILES string of the molecule is C=CCCCOc1ccc(-c2cc3c(C(=C)CCc4ccc(CC)cc4)cn(C(C)(C)C)c3cc2Cl)cc1. The second kappa shape index (κ2) is 12.1. The summed E-state index contributed by atoms with van der Waals surface area (Å²) in [6.07, 6.45) is 9.05. The summed E-state index contributed by atoms with van der Waals surface area (Å²) in [6.45, 7) is 17.9. The number of hydrogen-bond acceptors (Lipinski definition) is 1. The number of aromatic nitrogens is 1. The Balaban J connectivity index is 1.64. The smallest absolute Gasteiger partial charge is 0.119 e. The van der Waals surface area contributed by atoms with Gasteiger partial charge in [-0.1, -0.05) is 67.6 Å². The van der Waals surface area contributed by atoms with E-state index >= 15 is 0 Å². The van der Waals surface area contributed by atoms with Crippen molar-refractivity contribution in [3.63, 3.8) is 0 Å². The number of unbranched alkanes of at least 4 members (excludes halogenated alkanes) is 1. The molecule has 198 valence electrons. The highest BCUT2D eigenvalue weighted by Gasteiger charge is 2.21. The maximum Gasteiger partial charge on any atom is 0.119 e. The summed E-state index contributed by atoms with van der Waals surface area (Å²) >= 11 is 6.90. The molecule has 3 aromatic carbocycles. The zero-order valence-electron chi connectivity index (χ0n) is 23.3. The van der Waals surface area contributed by atoms with Gasteiger partial charge in [0.1, 0.15) is 5.75 Å². The molecule has 0 spiro atoms. The summed E-state index contributed by atoms with van der Waals surface area (Å²) in [4.78, 5) is 0. The van der Waals surface area contributed by atoms with Crippen LogP contribution in [0.1, 0.15) is 63.6 Å². The van der Waals surface area contributed by atoms with Crippen LogP contribution >= 0.6 is 11.6 Å². The van der Waals surface area contributed by atoms with Gasteiger partial charge in [-0.2, -0.15) is 0 Å². The largest absolute Gasteiger partial charge is 0.494 e. The van der Waals surface area contributed by atoms with Crippen molar-refractivity contribution in [2.75, 3.05) is 6.61 Å². The summed E-state index contributed by atoms with van der Waals surface area (Å²) in [6, 6.07) is 21.5. The van der Waals surface area contributed by atoms with Crippen molar-refractivity contribution >= 4 is 28.1 Å². The molecule has 1 aromatic heterocycles. The zero-order chi connectivity index (χ0) is 27.3. The molecule has 0 amide bonds. The van der Waals surface area contributed by atoms with Crippen LogP contribution in [0.3, 0.4) is 0 Å². The highest BCUT2D eigenvalue weighted by molar-refractivity contribution is 6.34. The number of nitrogens with zero attached hydrogens (tertiary/aromatic N) is 1. The minimum atomic E-state index is -0.0812. The normalized spacial score (nSPS) is 11.6. The fraction of sp³-hybridized carbons (Fsp3) is 0.314. The lowest BCUT2D eigenvalue weighted by atomic mass is 9.96. The summed E-state index contributed by atoms with van der Waals surface area (Å²) in [5, 5.41) is 1.93. The number of allylic oxidation sites excluding steroid dienone is 2. The molecule has 0 fully saturated rings. The van der Waals surface area contributed by atoms with E-state index in [4.69, 9.17) is 16.3 Å². The minimum Gasteiger partial charge on any atom is -0.494 e. The first-order chi connectivity index (χ1) is 18.2. The standard InChI is InChI=1S/C35H40ClNO/c1-7-9-10-21-38-29-19-17-28(18-20-29)30-22-31-32(24-37(35(4,5)6)34(31)23-33(30)36)25(3)11-12-27-15-13-26(8-2)14-16-27/h7,13-20,22-24H,1,3,8-12,21H2,2,4-6H3. The van der Waals surface area contributed by atoms with Crippen molar-refractivity contribution in [2.45, 2.75) is 65.3 Å². The van der Waals surface area contributed by atoms with Crippen molar-refractivity contribution < 1.29 is 4.74 Å². The van der Waals surface area contributed by atoms with Crippen molar-refractivity contribution in [1.82, 2.24) is 4.57 Å². The molecule has 0 aliphatic heterocycles. The quantitative estimate of drug-likeness (QED) is 0.140. The molecule has 0 atom stereocenters. The van der Waals surface area contributed by atoms with E-state index in [2.05, 4.69) is 100 Å². The summed E-state index contributed by atoms with van der Waals surface area (Å²) in [5.41, 5.74) is 8.21. The third kappa shape index (κ3) is 6.42. The number of aryl methyl sites for hydroxylation is 2. The lowest BCUT2D eigenvalue weighted by Gasteiger charge is -2.23. The molecule has 0 saturated heterocycles. The first-order valence-electron chi connectivity index (χ1n) is 13.7. The number of benzene rings is 3. The van der Waals surface area contributed by atoms with Gasteiger partial charge in [0.25, 0.3) is 0 Å². The Morgan fingerprint density at radius 2 is 1.68 bits per heavy atom. The van der Waals surface area contributed by atoms with Gasteiger partial charge in [0.05, 0.1) is 17.1 Å². The number of hydrogen-bond donors (Lipinski definition) is 0. The summed E-state index contributed by atoms with van der Waals surface area (Å²) in [5.74, 6) is 0.870. The van der Waals surface area contributed by atoms with Crippen molar-refractivity contribution in [1.29, 1.82) is 0 Å². The molecule has 0 saturated carbocycles. The van der Waals surface area contributed by atoms with Crippen LogP contribution in [0, 0.1) is 0 Å². The van der Waals surface area contributed by atoms with E-state index < -0.39 is 0 Å². The fourth-order valence-electron chi connectivity index (χ4n) is 4.82. The fourth-order valence-corrected chi connectivity index (χ4v) is 5.09. The Hall–Kier alpha value is -3.23. The van der Waals surface area contributed by atoms with Crippen LogP contribution in [0.5, 0.6) is 5.75 Å².